The largest absolute Gasteiger partial charge is 0.494 e. The fraction of sp³-hybridized carbons (Fsp3) is 0.304. The normalized spacial score (nSPS) is 19.1. The lowest BCUT2D eigenvalue weighted by atomic mass is 9.76. The van der Waals surface area contributed by atoms with E-state index in [2.05, 4.69) is 0 Å². The van der Waals surface area contributed by atoms with Crippen LogP contribution in [-0.4, -0.2) is 24.9 Å². The van der Waals surface area contributed by atoms with Crippen LogP contribution < -0.4 is 10.1 Å². The van der Waals surface area contributed by atoms with Gasteiger partial charge in [0.05, 0.1) is 6.61 Å². The van der Waals surface area contributed by atoms with E-state index in [0.717, 1.165) is 12.1 Å². The number of rotatable bonds is 6. The number of hydrogen-bond donors (Lipinski definition) is 1. The average Bonchev–Trinajstić information content (AvgIpc) is 2.76. The maximum absolute atomic E-state index is 14.4. The van der Waals surface area contributed by atoms with Gasteiger partial charge in [-0.3, -0.25) is 4.79 Å². The van der Waals surface area contributed by atoms with Crippen LogP contribution in [0.5, 0.6) is 5.75 Å². The molecule has 0 bridgehead atoms. The Hall–Kier alpha value is -3.48. The minimum absolute atomic E-state index is 0.0355. The Morgan fingerprint density at radius 3 is 2.18 bits per heavy atom. The fourth-order valence-electron chi connectivity index (χ4n) is 3.60. The van der Waals surface area contributed by atoms with Crippen LogP contribution in [0.15, 0.2) is 60.2 Å². The molecule has 33 heavy (non-hydrogen) atoms. The highest BCUT2D eigenvalue weighted by molar-refractivity contribution is 6.07. The summed E-state index contributed by atoms with van der Waals surface area (Å²) in [5, 5.41) is 11.4. The molecule has 1 aliphatic rings. The zero-order valence-electron chi connectivity index (χ0n) is 17.1. The number of alkyl halides is 6. The van der Waals surface area contributed by atoms with Gasteiger partial charge in [-0.05, 0) is 35.3 Å². The van der Waals surface area contributed by atoms with Gasteiger partial charge in [0.25, 0.3) is 5.91 Å². The molecule has 1 atom stereocenters. The molecule has 0 fully saturated rings. The Bertz CT molecular complexity index is 1070. The fourth-order valence-corrected chi connectivity index (χ4v) is 3.60. The van der Waals surface area contributed by atoms with Crippen molar-refractivity contribution in [3.8, 4) is 11.8 Å². The van der Waals surface area contributed by atoms with Crippen LogP contribution in [-0.2, 0) is 10.3 Å². The summed E-state index contributed by atoms with van der Waals surface area (Å²) >= 11 is 0. The Labute approximate surface area is 185 Å². The van der Waals surface area contributed by atoms with Gasteiger partial charge in [0.1, 0.15) is 17.4 Å². The van der Waals surface area contributed by atoms with Gasteiger partial charge in [-0.1, -0.05) is 42.5 Å². The molecule has 0 aliphatic carbocycles. The molecule has 0 radical (unpaired) electrons. The van der Waals surface area contributed by atoms with Gasteiger partial charge in [-0.2, -0.15) is 31.6 Å². The highest BCUT2D eigenvalue weighted by Crippen LogP contribution is 2.48. The highest BCUT2D eigenvalue weighted by Gasteiger charge is 2.59. The van der Waals surface area contributed by atoms with Gasteiger partial charge < -0.3 is 10.1 Å². The van der Waals surface area contributed by atoms with E-state index in [1.165, 1.54) is 24.3 Å². The Morgan fingerprint density at radius 2 is 1.64 bits per heavy atom. The summed E-state index contributed by atoms with van der Waals surface area (Å²) in [5.74, 6) is -1.05. The number of carbonyl (C=O) groups is 1. The predicted octanol–water partition coefficient (Wildman–Crippen LogP) is 5.66. The van der Waals surface area contributed by atoms with Gasteiger partial charge in [0.2, 0.25) is 0 Å². The van der Waals surface area contributed by atoms with Crippen LogP contribution in [0, 0.1) is 11.3 Å². The number of amides is 1. The van der Waals surface area contributed by atoms with Crippen LogP contribution in [0.2, 0.25) is 0 Å². The molecular weight excluding hydrogens is 450 g/mol. The molecule has 3 rings (SSSR count). The van der Waals surface area contributed by atoms with Crippen LogP contribution in [0.4, 0.5) is 26.3 Å². The van der Waals surface area contributed by atoms with Crippen molar-refractivity contribution in [2.45, 2.75) is 37.2 Å². The zero-order valence-corrected chi connectivity index (χ0v) is 17.1. The first-order chi connectivity index (χ1) is 15.5. The summed E-state index contributed by atoms with van der Waals surface area (Å²) in [6, 6.07) is 14.2. The smallest absolute Gasteiger partial charge is 0.416 e. The third-order valence-corrected chi connectivity index (χ3v) is 5.24. The van der Waals surface area contributed by atoms with Crippen molar-refractivity contribution in [2.75, 3.05) is 6.61 Å². The number of nitriles is 1. The van der Waals surface area contributed by atoms with E-state index in [-0.39, 0.29) is 29.9 Å². The molecule has 1 heterocycles. The molecule has 0 spiro atoms. The monoisotopic (exact) mass is 468 g/mol. The van der Waals surface area contributed by atoms with E-state index in [1.807, 2.05) is 5.32 Å². The second-order valence-corrected chi connectivity index (χ2v) is 7.46. The molecular formula is C23H18F6N2O2. The summed E-state index contributed by atoms with van der Waals surface area (Å²) in [6.07, 6.45) is -11.3. The first kappa shape index (κ1) is 24.2. The van der Waals surface area contributed by atoms with Crippen LogP contribution in [0.25, 0.3) is 5.57 Å². The van der Waals surface area contributed by atoms with Crippen molar-refractivity contribution in [1.29, 1.82) is 5.26 Å². The zero-order chi connectivity index (χ0) is 24.3. The molecule has 1 N–H and O–H groups in total. The van der Waals surface area contributed by atoms with Gasteiger partial charge in [-0.15, -0.1) is 0 Å². The molecule has 2 aromatic rings. The second kappa shape index (κ2) is 9.17. The number of nitrogens with one attached hydrogen (secondary N) is 1. The number of carbonyl (C=O) groups excluding carboxylic acids is 1. The number of halogens is 6. The second-order valence-electron chi connectivity index (χ2n) is 7.46. The quantitative estimate of drug-likeness (QED) is 0.440. The number of nitrogens with zero attached hydrogens (tertiary/aromatic N) is 1. The third-order valence-electron chi connectivity index (χ3n) is 5.24. The molecule has 0 saturated carbocycles. The van der Waals surface area contributed by atoms with Crippen molar-refractivity contribution < 1.29 is 35.9 Å². The molecule has 2 aromatic carbocycles. The van der Waals surface area contributed by atoms with Crippen molar-refractivity contribution in [1.82, 2.24) is 5.32 Å². The van der Waals surface area contributed by atoms with E-state index < -0.39 is 42.2 Å². The topological polar surface area (TPSA) is 62.1 Å². The van der Waals surface area contributed by atoms with Gasteiger partial charge in [-0.25, -0.2) is 0 Å². The minimum atomic E-state index is -4.92. The molecule has 1 amide bonds. The molecule has 1 aliphatic heterocycles. The van der Waals surface area contributed by atoms with Crippen LogP contribution >= 0.6 is 0 Å². The lowest BCUT2D eigenvalue weighted by Crippen LogP contribution is -2.58. The summed E-state index contributed by atoms with van der Waals surface area (Å²) < 4.78 is 85.0. The standard InChI is InChI=1S/C23H18F6N2O2/c24-22(25,26)11-4-12-33-17-9-7-16(8-10-17)21(23(27,28)29)13-18(15-5-2-1-3-6-15)19(14-30)20(32)31-21/h1-3,5-10H,4,11-13H2,(H,31,32). The van der Waals surface area contributed by atoms with Gasteiger partial charge in [0, 0.05) is 12.8 Å². The molecule has 0 saturated heterocycles. The third kappa shape index (κ3) is 5.30. The van der Waals surface area contributed by atoms with Crippen molar-refractivity contribution >= 4 is 11.5 Å². The number of benzene rings is 2. The first-order valence-electron chi connectivity index (χ1n) is 9.85. The van der Waals surface area contributed by atoms with E-state index in [9.17, 15) is 36.4 Å². The van der Waals surface area contributed by atoms with Crippen LogP contribution in [0.3, 0.4) is 0 Å². The SMILES string of the molecule is N#CC1=C(c2ccccc2)CC(c2ccc(OCCCC(F)(F)F)cc2)(C(F)(F)F)NC1=O. The maximum atomic E-state index is 14.4. The molecule has 0 aromatic heterocycles. The lowest BCUT2D eigenvalue weighted by molar-refractivity contribution is -0.201. The Balaban J connectivity index is 1.92. The first-order valence-corrected chi connectivity index (χ1v) is 9.85. The molecule has 1 unspecified atom stereocenters. The van der Waals surface area contributed by atoms with Gasteiger partial charge >= 0.3 is 12.4 Å². The molecule has 10 heteroatoms. The molecule has 174 valence electrons. The number of hydrogen-bond acceptors (Lipinski definition) is 3. The number of ether oxygens (including phenoxy) is 1. The lowest BCUT2D eigenvalue weighted by Gasteiger charge is -2.40. The van der Waals surface area contributed by atoms with E-state index in [0.29, 0.717) is 5.56 Å². The summed E-state index contributed by atoms with van der Waals surface area (Å²) in [4.78, 5) is 12.6. The van der Waals surface area contributed by atoms with Crippen molar-refractivity contribution in [3.05, 3.63) is 71.3 Å². The van der Waals surface area contributed by atoms with E-state index in [1.54, 1.807) is 24.3 Å². The maximum Gasteiger partial charge on any atom is 0.416 e. The average molecular weight is 468 g/mol. The van der Waals surface area contributed by atoms with Gasteiger partial charge in [0.15, 0.2) is 5.54 Å². The highest BCUT2D eigenvalue weighted by atomic mass is 19.4. The van der Waals surface area contributed by atoms with Crippen molar-refractivity contribution in [3.63, 3.8) is 0 Å². The van der Waals surface area contributed by atoms with E-state index in [4.69, 9.17) is 4.74 Å². The minimum Gasteiger partial charge on any atom is -0.494 e. The summed E-state index contributed by atoms with van der Waals surface area (Å²) in [7, 11) is 0. The van der Waals surface area contributed by atoms with E-state index >= 15 is 0 Å². The molecule has 4 nitrogen and oxygen atoms in total. The predicted molar refractivity (Wildman–Crippen MR) is 107 cm³/mol. The Kier molecular flexibility index (Phi) is 6.72. The van der Waals surface area contributed by atoms with Crippen molar-refractivity contribution in [2.24, 2.45) is 0 Å². The summed E-state index contributed by atoms with van der Waals surface area (Å²) in [6.45, 7) is -0.258. The summed E-state index contributed by atoms with van der Waals surface area (Å²) in [5.41, 5.74) is -3.21. The Morgan fingerprint density at radius 1 is 1.00 bits per heavy atom. The van der Waals surface area contributed by atoms with Crippen LogP contribution in [0.1, 0.15) is 30.4 Å².